The Kier molecular flexibility index (Phi) is 5.37. The summed E-state index contributed by atoms with van der Waals surface area (Å²) in [5.74, 6) is -0.367. The van der Waals surface area contributed by atoms with Gasteiger partial charge in [-0.15, -0.1) is 0 Å². The summed E-state index contributed by atoms with van der Waals surface area (Å²) in [6.45, 7) is 1.56. The number of carbonyl (C=O) groups is 2. The molecule has 6 heteroatoms. The summed E-state index contributed by atoms with van der Waals surface area (Å²) in [5.41, 5.74) is 5.90. The van der Waals surface area contributed by atoms with Gasteiger partial charge in [-0.25, -0.2) is 0 Å². The number of hydrogen-bond donors (Lipinski definition) is 1. The molecule has 0 aromatic heterocycles. The van der Waals surface area contributed by atoms with Crippen LogP contribution in [-0.2, 0) is 19.1 Å². The van der Waals surface area contributed by atoms with Crippen LogP contribution in [0.1, 0.15) is 12.8 Å². The average molecular weight is 244 g/mol. The van der Waals surface area contributed by atoms with Gasteiger partial charge in [0, 0.05) is 25.6 Å². The molecule has 1 aliphatic heterocycles. The van der Waals surface area contributed by atoms with Crippen molar-refractivity contribution in [1.29, 1.82) is 0 Å². The molecule has 0 aromatic carbocycles. The zero-order valence-corrected chi connectivity index (χ0v) is 10.3. The molecule has 0 aliphatic carbocycles. The Hall–Kier alpha value is -1.14. The van der Waals surface area contributed by atoms with Crippen molar-refractivity contribution in [1.82, 2.24) is 4.90 Å². The molecule has 0 saturated carbocycles. The second-order valence-electron chi connectivity index (χ2n) is 4.41. The van der Waals surface area contributed by atoms with E-state index in [0.29, 0.717) is 19.5 Å². The Morgan fingerprint density at radius 3 is 2.47 bits per heavy atom. The van der Waals surface area contributed by atoms with Gasteiger partial charge in [-0.2, -0.15) is 0 Å². The first-order valence-electron chi connectivity index (χ1n) is 5.66. The minimum atomic E-state index is -0.282. The van der Waals surface area contributed by atoms with Crippen molar-refractivity contribution in [2.24, 2.45) is 11.7 Å². The summed E-state index contributed by atoms with van der Waals surface area (Å²) in [4.78, 5) is 24.3. The van der Waals surface area contributed by atoms with E-state index in [1.54, 1.807) is 0 Å². The highest BCUT2D eigenvalue weighted by Crippen LogP contribution is 2.19. The fourth-order valence-electron chi connectivity index (χ4n) is 2.19. The number of rotatable bonds is 4. The lowest BCUT2D eigenvalue weighted by Crippen LogP contribution is -2.49. The number of carbonyl (C=O) groups excluding carboxylic acids is 2. The first kappa shape index (κ1) is 13.9. The molecule has 2 unspecified atom stereocenters. The maximum atomic E-state index is 11.2. The third kappa shape index (κ3) is 4.70. The Labute approximate surface area is 101 Å². The largest absolute Gasteiger partial charge is 0.469 e. The maximum absolute atomic E-state index is 11.2. The van der Waals surface area contributed by atoms with Crippen LogP contribution in [0.3, 0.4) is 0 Å². The number of likely N-dealkylation sites (tertiary alicyclic amines) is 1. The predicted molar refractivity (Wildman–Crippen MR) is 61.2 cm³/mol. The van der Waals surface area contributed by atoms with Gasteiger partial charge in [0.15, 0.2) is 0 Å². The fraction of sp³-hybridized carbons (Fsp3) is 0.818. The van der Waals surface area contributed by atoms with Crippen molar-refractivity contribution in [3.63, 3.8) is 0 Å². The molecular formula is C11H20N2O4. The molecule has 1 rings (SSSR count). The lowest BCUT2D eigenvalue weighted by molar-refractivity contribution is -0.143. The standard InChI is InChI=1S/C11H20N2O4/c1-16-10(14)4-8-3-9(12)6-13(5-8)7-11(15)17-2/h8-9H,3-7,12H2,1-2H3. The number of nitrogens with zero attached hydrogens (tertiary/aromatic N) is 1. The Balaban J connectivity index is 2.47. The molecule has 6 nitrogen and oxygen atoms in total. The number of esters is 2. The molecule has 1 heterocycles. The predicted octanol–water partition coefficient (Wildman–Crippen LogP) is -0.628. The van der Waals surface area contributed by atoms with E-state index in [1.807, 2.05) is 4.90 Å². The highest BCUT2D eigenvalue weighted by atomic mass is 16.5. The normalized spacial score (nSPS) is 25.4. The SMILES string of the molecule is COC(=O)CC1CC(N)CN(CC(=O)OC)C1. The Morgan fingerprint density at radius 1 is 1.24 bits per heavy atom. The molecule has 0 amide bonds. The van der Waals surface area contributed by atoms with Gasteiger partial charge in [-0.05, 0) is 12.3 Å². The van der Waals surface area contributed by atoms with Crippen molar-refractivity contribution in [2.45, 2.75) is 18.9 Å². The summed E-state index contributed by atoms with van der Waals surface area (Å²) in [7, 11) is 2.73. The summed E-state index contributed by atoms with van der Waals surface area (Å²) < 4.78 is 9.25. The molecule has 0 bridgehead atoms. The lowest BCUT2D eigenvalue weighted by atomic mass is 9.92. The van der Waals surface area contributed by atoms with Crippen LogP contribution in [0.2, 0.25) is 0 Å². The lowest BCUT2D eigenvalue weighted by Gasteiger charge is -2.35. The first-order valence-corrected chi connectivity index (χ1v) is 5.66. The maximum Gasteiger partial charge on any atom is 0.319 e. The van der Waals surface area contributed by atoms with Crippen molar-refractivity contribution >= 4 is 11.9 Å². The second-order valence-corrected chi connectivity index (χ2v) is 4.41. The molecule has 1 fully saturated rings. The Bertz CT molecular complexity index is 257. The monoisotopic (exact) mass is 244 g/mol. The van der Waals surface area contributed by atoms with Crippen LogP contribution in [0.4, 0.5) is 0 Å². The van der Waals surface area contributed by atoms with Gasteiger partial charge in [0.25, 0.3) is 0 Å². The van der Waals surface area contributed by atoms with Gasteiger partial charge in [-0.3, -0.25) is 14.5 Å². The summed E-state index contributed by atoms with van der Waals surface area (Å²) in [5, 5.41) is 0. The molecule has 17 heavy (non-hydrogen) atoms. The van der Waals surface area contributed by atoms with Gasteiger partial charge in [0.1, 0.15) is 0 Å². The van der Waals surface area contributed by atoms with Crippen LogP contribution in [-0.4, -0.2) is 56.7 Å². The summed E-state index contributed by atoms with van der Waals surface area (Å²) in [6.07, 6.45) is 1.13. The van der Waals surface area contributed by atoms with E-state index in [9.17, 15) is 9.59 Å². The number of methoxy groups -OCH3 is 2. The van der Waals surface area contributed by atoms with E-state index in [-0.39, 0.29) is 30.4 Å². The van der Waals surface area contributed by atoms with Crippen LogP contribution >= 0.6 is 0 Å². The van der Waals surface area contributed by atoms with Gasteiger partial charge < -0.3 is 15.2 Å². The molecule has 0 aromatic rings. The van der Waals surface area contributed by atoms with Gasteiger partial charge >= 0.3 is 11.9 Å². The topological polar surface area (TPSA) is 81.9 Å². The second kappa shape index (κ2) is 6.56. The smallest absolute Gasteiger partial charge is 0.319 e. The summed E-state index contributed by atoms with van der Waals surface area (Å²) in [6, 6.07) is -0.0111. The fourth-order valence-corrected chi connectivity index (χ4v) is 2.19. The molecule has 1 aliphatic rings. The highest BCUT2D eigenvalue weighted by Gasteiger charge is 2.28. The molecule has 2 atom stereocenters. The number of nitrogens with two attached hydrogens (primary N) is 1. The van der Waals surface area contributed by atoms with E-state index in [4.69, 9.17) is 5.73 Å². The third-order valence-electron chi connectivity index (χ3n) is 2.91. The molecular weight excluding hydrogens is 224 g/mol. The zero-order valence-electron chi connectivity index (χ0n) is 10.3. The van der Waals surface area contributed by atoms with E-state index in [1.165, 1.54) is 14.2 Å². The highest BCUT2D eigenvalue weighted by molar-refractivity contribution is 5.71. The average Bonchev–Trinajstić information content (AvgIpc) is 2.27. The van der Waals surface area contributed by atoms with Gasteiger partial charge in [-0.1, -0.05) is 0 Å². The molecule has 2 N–H and O–H groups in total. The van der Waals surface area contributed by atoms with Crippen molar-refractivity contribution in [3.05, 3.63) is 0 Å². The van der Waals surface area contributed by atoms with Crippen molar-refractivity contribution in [2.75, 3.05) is 33.9 Å². The van der Waals surface area contributed by atoms with Crippen LogP contribution in [0, 0.1) is 5.92 Å². The number of piperidine rings is 1. The molecule has 0 spiro atoms. The van der Waals surface area contributed by atoms with Crippen LogP contribution in [0.5, 0.6) is 0 Å². The minimum Gasteiger partial charge on any atom is -0.469 e. The van der Waals surface area contributed by atoms with E-state index in [0.717, 1.165) is 6.42 Å². The quantitative estimate of drug-likeness (QED) is 0.663. The molecule has 0 radical (unpaired) electrons. The van der Waals surface area contributed by atoms with Crippen LogP contribution in [0.25, 0.3) is 0 Å². The number of hydrogen-bond acceptors (Lipinski definition) is 6. The van der Waals surface area contributed by atoms with Gasteiger partial charge in [0.2, 0.25) is 0 Å². The van der Waals surface area contributed by atoms with Gasteiger partial charge in [0.05, 0.1) is 20.8 Å². The van der Waals surface area contributed by atoms with Crippen molar-refractivity contribution < 1.29 is 19.1 Å². The third-order valence-corrected chi connectivity index (χ3v) is 2.91. The minimum absolute atomic E-state index is 0.0111. The number of ether oxygens (including phenoxy) is 2. The van der Waals surface area contributed by atoms with Crippen molar-refractivity contribution in [3.8, 4) is 0 Å². The molecule has 1 saturated heterocycles. The summed E-state index contributed by atoms with van der Waals surface area (Å²) >= 11 is 0. The zero-order chi connectivity index (χ0) is 12.8. The Morgan fingerprint density at radius 2 is 1.88 bits per heavy atom. The van der Waals surface area contributed by atoms with Crippen LogP contribution < -0.4 is 5.73 Å². The van der Waals surface area contributed by atoms with E-state index in [2.05, 4.69) is 9.47 Å². The first-order chi connectivity index (χ1) is 8.05. The van der Waals surface area contributed by atoms with E-state index < -0.39 is 0 Å². The molecule has 98 valence electrons. The van der Waals surface area contributed by atoms with Crippen LogP contribution in [0.15, 0.2) is 0 Å². The van der Waals surface area contributed by atoms with E-state index >= 15 is 0 Å².